The minimum Gasteiger partial charge on any atom is -0.388 e. The summed E-state index contributed by atoms with van der Waals surface area (Å²) in [6, 6.07) is 25.3. The van der Waals surface area contributed by atoms with Gasteiger partial charge < -0.3 is 9.84 Å². The summed E-state index contributed by atoms with van der Waals surface area (Å²) >= 11 is 0. The summed E-state index contributed by atoms with van der Waals surface area (Å²) in [5.41, 5.74) is 8.04. The Balaban J connectivity index is 0.000000125. The van der Waals surface area contributed by atoms with Gasteiger partial charge in [0.05, 0.1) is 6.10 Å². The smallest absolute Gasteiger partial charge is 0.102 e. The van der Waals surface area contributed by atoms with Gasteiger partial charge in [0.15, 0.2) is 0 Å². The van der Waals surface area contributed by atoms with Crippen molar-refractivity contribution in [2.75, 3.05) is 0 Å². The second kappa shape index (κ2) is 12.5. The zero-order chi connectivity index (χ0) is 26.4. The van der Waals surface area contributed by atoms with Crippen LogP contribution in [-0.4, -0.2) is 5.11 Å². The average molecular weight is 495 g/mol. The molecule has 2 unspecified atom stereocenters. The third kappa shape index (κ3) is 5.98. The van der Waals surface area contributed by atoms with Crippen LogP contribution < -0.4 is 0 Å². The van der Waals surface area contributed by atoms with Crippen molar-refractivity contribution in [3.63, 3.8) is 0 Å². The Bertz CT molecular complexity index is 1190. The molecule has 4 aliphatic rings. The molecule has 3 aromatic rings. The molecule has 194 valence electrons. The number of aryl methyl sites for hydroxylation is 1. The van der Waals surface area contributed by atoms with Crippen molar-refractivity contribution in [1.82, 2.24) is 0 Å². The Morgan fingerprint density at radius 3 is 1.86 bits per heavy atom. The first-order valence-electron chi connectivity index (χ1n) is 14.0. The van der Waals surface area contributed by atoms with Gasteiger partial charge in [0.1, 0.15) is 12.2 Å². The molecule has 2 bridgehead atoms. The molecule has 2 nitrogen and oxygen atoms in total. The van der Waals surface area contributed by atoms with E-state index in [1.165, 1.54) is 24.0 Å². The lowest BCUT2D eigenvalue weighted by atomic mass is 9.77. The number of aliphatic hydroxyl groups excluding tert-OH is 1. The molecule has 0 aromatic heterocycles. The highest BCUT2D eigenvalue weighted by Crippen LogP contribution is 2.45. The molecular weight excluding hydrogens is 452 g/mol. The summed E-state index contributed by atoms with van der Waals surface area (Å²) < 4.78 is 5.63. The number of hydrogen-bond acceptors (Lipinski definition) is 2. The van der Waals surface area contributed by atoms with Gasteiger partial charge in [0, 0.05) is 5.92 Å². The Labute approximate surface area is 223 Å². The molecule has 2 heterocycles. The van der Waals surface area contributed by atoms with Crippen molar-refractivity contribution in [1.29, 1.82) is 0 Å². The van der Waals surface area contributed by atoms with Gasteiger partial charge >= 0.3 is 0 Å². The third-order valence-electron chi connectivity index (χ3n) is 8.02. The standard InChI is InChI=1S/C12H16.C11H12O.C10H8O.C2H6/c1-9-7-8-11-5-3-4-6-12(11)10(9)2;1-8-6-7-9-4-2-3-5-10(9)11(8)12;1-2-4-8-7(3-1)9-5-6-10(8)11-9;1-2/h3-6,9-10H,7-8H2,1-2H3;2-8,11-12H,1H3;1-6,9-10H;1-2H3/t9-,10+;8-,11+;;/m11../s1. The molecule has 6 atom stereocenters. The molecule has 0 amide bonds. The highest BCUT2D eigenvalue weighted by atomic mass is 16.5. The van der Waals surface area contributed by atoms with Crippen molar-refractivity contribution < 1.29 is 9.84 Å². The van der Waals surface area contributed by atoms with Crippen LogP contribution in [-0.2, 0) is 11.2 Å². The predicted octanol–water partition coefficient (Wildman–Crippen LogP) is 9.15. The molecule has 0 saturated heterocycles. The Hall–Kier alpha value is -2.94. The van der Waals surface area contributed by atoms with E-state index >= 15 is 0 Å². The van der Waals surface area contributed by atoms with Crippen LogP contribution in [0.5, 0.6) is 0 Å². The van der Waals surface area contributed by atoms with Gasteiger partial charge in [0.25, 0.3) is 0 Å². The lowest BCUT2D eigenvalue weighted by Crippen LogP contribution is -2.15. The first-order valence-corrected chi connectivity index (χ1v) is 14.0. The van der Waals surface area contributed by atoms with E-state index in [0.29, 0.717) is 0 Å². The molecule has 2 heteroatoms. The largest absolute Gasteiger partial charge is 0.388 e. The van der Waals surface area contributed by atoms with Gasteiger partial charge in [-0.3, -0.25) is 0 Å². The van der Waals surface area contributed by atoms with Crippen LogP contribution in [0.1, 0.15) is 98.7 Å². The van der Waals surface area contributed by atoms with E-state index in [0.717, 1.165) is 23.0 Å². The van der Waals surface area contributed by atoms with E-state index < -0.39 is 0 Å². The first-order chi connectivity index (χ1) is 18.0. The van der Waals surface area contributed by atoms with Crippen LogP contribution in [0.2, 0.25) is 0 Å². The van der Waals surface area contributed by atoms with Gasteiger partial charge in [-0.25, -0.2) is 0 Å². The van der Waals surface area contributed by atoms with Crippen LogP contribution in [0, 0.1) is 11.8 Å². The highest BCUT2D eigenvalue weighted by molar-refractivity contribution is 5.57. The second-order valence-electron chi connectivity index (χ2n) is 10.3. The normalized spacial score (nSPS) is 27.2. The van der Waals surface area contributed by atoms with E-state index in [2.05, 4.69) is 80.6 Å². The van der Waals surface area contributed by atoms with Gasteiger partial charge in [-0.1, -0.05) is 132 Å². The molecule has 7 rings (SSSR count). The maximum atomic E-state index is 9.78. The number of aliphatic hydroxyl groups is 1. The summed E-state index contributed by atoms with van der Waals surface area (Å²) in [5.74, 6) is 1.86. The first kappa shape index (κ1) is 27.1. The van der Waals surface area contributed by atoms with Gasteiger partial charge in [-0.05, 0) is 58.1 Å². The SMILES string of the molecule is C1=CC2OC1c1ccccc12.CC.C[C@@H]1C=Cc2ccccc2[C@H]1O.C[C@@H]1CCc2ccccc2[C@H]1C. The molecule has 0 fully saturated rings. The van der Waals surface area contributed by atoms with Crippen LogP contribution in [0.15, 0.2) is 91.0 Å². The van der Waals surface area contributed by atoms with Crippen molar-refractivity contribution in [3.8, 4) is 0 Å². The van der Waals surface area contributed by atoms with Crippen molar-refractivity contribution in [3.05, 3.63) is 124 Å². The topological polar surface area (TPSA) is 29.5 Å². The van der Waals surface area contributed by atoms with E-state index in [9.17, 15) is 5.11 Å². The lowest BCUT2D eigenvalue weighted by molar-refractivity contribution is 0.0878. The van der Waals surface area contributed by atoms with E-state index in [4.69, 9.17) is 4.74 Å². The summed E-state index contributed by atoms with van der Waals surface area (Å²) in [6.07, 6.45) is 11.2. The summed E-state index contributed by atoms with van der Waals surface area (Å²) in [6.45, 7) is 10.7. The Morgan fingerprint density at radius 1 is 0.676 bits per heavy atom. The average Bonchev–Trinajstić information content (AvgIpc) is 3.59. The number of rotatable bonds is 0. The maximum Gasteiger partial charge on any atom is 0.102 e. The fourth-order valence-electron chi connectivity index (χ4n) is 5.56. The molecule has 0 spiro atoms. The monoisotopic (exact) mass is 494 g/mol. The second-order valence-corrected chi connectivity index (χ2v) is 10.3. The highest BCUT2D eigenvalue weighted by Gasteiger charge is 2.32. The molecule has 3 aromatic carbocycles. The van der Waals surface area contributed by atoms with E-state index in [1.54, 1.807) is 11.1 Å². The number of fused-ring (bicyclic) bond motifs is 7. The van der Waals surface area contributed by atoms with Crippen LogP contribution >= 0.6 is 0 Å². The summed E-state index contributed by atoms with van der Waals surface area (Å²) in [7, 11) is 0. The molecule has 0 saturated carbocycles. The molecule has 1 N–H and O–H groups in total. The van der Waals surface area contributed by atoms with Crippen LogP contribution in [0.4, 0.5) is 0 Å². The minimum absolute atomic E-state index is 0.236. The molecule has 0 radical (unpaired) electrons. The predicted molar refractivity (Wildman–Crippen MR) is 155 cm³/mol. The summed E-state index contributed by atoms with van der Waals surface area (Å²) in [4.78, 5) is 0. The minimum atomic E-state index is -0.328. The molecule has 2 aliphatic carbocycles. The van der Waals surface area contributed by atoms with Crippen molar-refractivity contribution in [2.45, 2.75) is 71.7 Å². The molecule has 37 heavy (non-hydrogen) atoms. The molecular formula is C35H42O2. The zero-order valence-corrected chi connectivity index (χ0v) is 23.0. The van der Waals surface area contributed by atoms with Crippen molar-refractivity contribution in [2.24, 2.45) is 11.8 Å². The summed E-state index contributed by atoms with van der Waals surface area (Å²) in [5, 5.41) is 9.78. The Morgan fingerprint density at radius 2 is 1.22 bits per heavy atom. The number of ether oxygens (including phenoxy) is 1. The van der Waals surface area contributed by atoms with Gasteiger partial charge in [-0.15, -0.1) is 0 Å². The fourth-order valence-corrected chi connectivity index (χ4v) is 5.56. The van der Waals surface area contributed by atoms with E-state index in [-0.39, 0.29) is 24.2 Å². The zero-order valence-electron chi connectivity index (χ0n) is 23.0. The quantitative estimate of drug-likeness (QED) is 0.316. The van der Waals surface area contributed by atoms with E-state index in [1.807, 2.05) is 51.1 Å². The Kier molecular flexibility index (Phi) is 9.18. The number of benzene rings is 3. The molecule has 2 aliphatic heterocycles. The van der Waals surface area contributed by atoms with Crippen LogP contribution in [0.3, 0.4) is 0 Å². The maximum absolute atomic E-state index is 9.78. The lowest BCUT2D eigenvalue weighted by Gasteiger charge is -2.28. The van der Waals surface area contributed by atoms with Gasteiger partial charge in [-0.2, -0.15) is 0 Å². The third-order valence-corrected chi connectivity index (χ3v) is 8.02. The van der Waals surface area contributed by atoms with Gasteiger partial charge in [0.2, 0.25) is 0 Å². The van der Waals surface area contributed by atoms with Crippen molar-refractivity contribution >= 4 is 6.08 Å². The fraction of sp³-hybridized carbons (Fsp3) is 0.371. The number of hydrogen-bond donors (Lipinski definition) is 1. The van der Waals surface area contributed by atoms with Crippen LogP contribution in [0.25, 0.3) is 6.08 Å².